The molecular weight excluding hydrogens is 396 g/mol. The molecule has 0 spiro atoms. The topological polar surface area (TPSA) is 157 Å². The highest BCUT2D eigenvalue weighted by Crippen LogP contribution is 2.28. The number of ketones is 1. The van der Waals surface area contributed by atoms with Gasteiger partial charge in [0.25, 0.3) is 0 Å². The number of hydrogen-bond acceptors (Lipinski definition) is 9. The molecule has 1 fully saturated rings. The van der Waals surface area contributed by atoms with E-state index in [0.717, 1.165) is 6.07 Å². The molecule has 1 heterocycles. The van der Waals surface area contributed by atoms with Crippen molar-refractivity contribution < 1.29 is 44.9 Å². The minimum absolute atomic E-state index is 0.00572. The quantitative estimate of drug-likeness (QED) is 0.284. The fourth-order valence-electron chi connectivity index (χ4n) is 2.94. The van der Waals surface area contributed by atoms with E-state index in [2.05, 4.69) is 0 Å². The van der Waals surface area contributed by atoms with Gasteiger partial charge in [0.1, 0.15) is 41.7 Å². The summed E-state index contributed by atoms with van der Waals surface area (Å²) in [5.41, 5.74) is 0.689. The molecule has 0 amide bonds. The van der Waals surface area contributed by atoms with Gasteiger partial charge in [-0.1, -0.05) is 18.2 Å². The number of allylic oxidation sites excluding steroid dienone is 1. The highest BCUT2D eigenvalue weighted by molar-refractivity contribution is 6.08. The smallest absolute Gasteiger partial charge is 0.229 e. The van der Waals surface area contributed by atoms with E-state index in [1.165, 1.54) is 36.4 Å². The predicted molar refractivity (Wildman–Crippen MR) is 104 cm³/mol. The molecular formula is C21H22O9. The van der Waals surface area contributed by atoms with Crippen LogP contribution >= 0.6 is 0 Å². The van der Waals surface area contributed by atoms with Crippen molar-refractivity contribution >= 4 is 11.9 Å². The second-order valence-corrected chi connectivity index (χ2v) is 6.78. The highest BCUT2D eigenvalue weighted by atomic mass is 16.7. The predicted octanol–water partition coefficient (Wildman–Crippen LogP) is 0.173. The summed E-state index contributed by atoms with van der Waals surface area (Å²) in [6, 6.07) is 10.0. The number of aromatic hydroxyl groups is 2. The number of rotatable bonds is 6. The van der Waals surface area contributed by atoms with E-state index in [4.69, 9.17) is 9.47 Å². The van der Waals surface area contributed by atoms with Crippen LogP contribution in [0.3, 0.4) is 0 Å². The summed E-state index contributed by atoms with van der Waals surface area (Å²) in [4.78, 5) is 12.3. The SMILES string of the molecule is O=C(/C=C/c1ccc(O)cc1)c1ccc(OC2OC(CO)C(O)C(O)C2O)cc1O. The summed E-state index contributed by atoms with van der Waals surface area (Å²) in [6.45, 7) is -0.600. The Labute approximate surface area is 171 Å². The molecule has 2 aromatic rings. The zero-order chi connectivity index (χ0) is 21.8. The molecule has 1 aliphatic heterocycles. The third-order valence-corrected chi connectivity index (χ3v) is 4.66. The van der Waals surface area contributed by atoms with Crippen LogP contribution < -0.4 is 4.74 Å². The molecule has 5 unspecified atom stereocenters. The molecule has 0 bridgehead atoms. The number of carbonyl (C=O) groups is 1. The second kappa shape index (κ2) is 9.24. The van der Waals surface area contributed by atoms with Crippen LogP contribution in [0.2, 0.25) is 0 Å². The van der Waals surface area contributed by atoms with Crippen molar-refractivity contribution in [1.82, 2.24) is 0 Å². The highest BCUT2D eigenvalue weighted by Gasteiger charge is 2.44. The Hall–Kier alpha value is -2.95. The van der Waals surface area contributed by atoms with Gasteiger partial charge in [-0.25, -0.2) is 0 Å². The summed E-state index contributed by atoms with van der Waals surface area (Å²) in [5, 5.41) is 58.2. The number of carbonyl (C=O) groups excluding carboxylic acids is 1. The molecule has 0 aliphatic carbocycles. The first-order valence-corrected chi connectivity index (χ1v) is 9.12. The van der Waals surface area contributed by atoms with Gasteiger partial charge >= 0.3 is 0 Å². The molecule has 0 aromatic heterocycles. The van der Waals surface area contributed by atoms with Gasteiger partial charge in [0, 0.05) is 6.07 Å². The van der Waals surface area contributed by atoms with E-state index in [-0.39, 0.29) is 22.8 Å². The molecule has 160 valence electrons. The number of ether oxygens (including phenoxy) is 2. The van der Waals surface area contributed by atoms with Gasteiger partial charge in [-0.3, -0.25) is 4.79 Å². The fourth-order valence-corrected chi connectivity index (χ4v) is 2.94. The summed E-state index contributed by atoms with van der Waals surface area (Å²) >= 11 is 0. The zero-order valence-corrected chi connectivity index (χ0v) is 15.7. The zero-order valence-electron chi connectivity index (χ0n) is 15.7. The first-order valence-electron chi connectivity index (χ1n) is 9.12. The van der Waals surface area contributed by atoms with Gasteiger partial charge in [-0.15, -0.1) is 0 Å². The van der Waals surface area contributed by atoms with Crippen LogP contribution in [0.5, 0.6) is 17.2 Å². The summed E-state index contributed by atoms with van der Waals surface area (Å²) in [7, 11) is 0. The van der Waals surface area contributed by atoms with E-state index in [0.29, 0.717) is 5.56 Å². The first-order chi connectivity index (χ1) is 14.3. The standard InChI is InChI=1S/C21H22O9/c22-10-17-18(26)19(27)20(28)21(30-17)29-13-6-7-14(16(25)9-13)15(24)8-3-11-1-4-12(23)5-2-11/h1-9,17-23,25-28H,10H2/b8-3+. The van der Waals surface area contributed by atoms with Crippen molar-refractivity contribution in [2.75, 3.05) is 6.61 Å². The summed E-state index contributed by atoms with van der Waals surface area (Å²) in [5.74, 6) is -0.709. The summed E-state index contributed by atoms with van der Waals surface area (Å²) < 4.78 is 10.6. The van der Waals surface area contributed by atoms with E-state index < -0.39 is 43.1 Å². The first kappa shape index (κ1) is 21.8. The Bertz CT molecular complexity index is 907. The lowest BCUT2D eigenvalue weighted by Crippen LogP contribution is -2.60. The molecule has 3 rings (SSSR count). The van der Waals surface area contributed by atoms with Gasteiger partial charge in [0.2, 0.25) is 6.29 Å². The minimum atomic E-state index is -1.60. The van der Waals surface area contributed by atoms with Crippen LogP contribution in [-0.4, -0.2) is 73.7 Å². The monoisotopic (exact) mass is 418 g/mol. The number of phenolic OH excluding ortho intramolecular Hbond substituents is 2. The number of aliphatic hydroxyl groups is 4. The Kier molecular flexibility index (Phi) is 6.70. The van der Waals surface area contributed by atoms with E-state index >= 15 is 0 Å². The lowest BCUT2D eigenvalue weighted by atomic mass is 9.99. The number of phenols is 2. The Balaban J connectivity index is 1.70. The Morgan fingerprint density at radius 1 is 1.00 bits per heavy atom. The molecule has 1 saturated heterocycles. The van der Waals surface area contributed by atoms with Crippen LogP contribution in [0, 0.1) is 0 Å². The fraction of sp³-hybridized carbons (Fsp3) is 0.286. The maximum Gasteiger partial charge on any atom is 0.229 e. The molecule has 2 aromatic carbocycles. The van der Waals surface area contributed by atoms with Crippen molar-refractivity contribution in [3.63, 3.8) is 0 Å². The molecule has 0 saturated carbocycles. The third-order valence-electron chi connectivity index (χ3n) is 4.66. The molecule has 0 radical (unpaired) electrons. The van der Waals surface area contributed by atoms with Crippen LogP contribution in [0.15, 0.2) is 48.5 Å². The molecule has 5 atom stereocenters. The van der Waals surface area contributed by atoms with Crippen molar-refractivity contribution in [2.45, 2.75) is 30.7 Å². The van der Waals surface area contributed by atoms with E-state index in [9.17, 15) is 35.4 Å². The van der Waals surface area contributed by atoms with Crippen LogP contribution in [0.4, 0.5) is 0 Å². The van der Waals surface area contributed by atoms with Crippen molar-refractivity contribution in [3.05, 3.63) is 59.7 Å². The molecule has 1 aliphatic rings. The second-order valence-electron chi connectivity index (χ2n) is 6.78. The van der Waals surface area contributed by atoms with Gasteiger partial charge < -0.3 is 40.1 Å². The average Bonchev–Trinajstić information content (AvgIpc) is 2.73. The molecule has 6 N–H and O–H groups in total. The van der Waals surface area contributed by atoms with Crippen molar-refractivity contribution in [1.29, 1.82) is 0 Å². The van der Waals surface area contributed by atoms with Gasteiger partial charge in [-0.05, 0) is 35.9 Å². The normalized spacial score (nSPS) is 26.6. The minimum Gasteiger partial charge on any atom is -0.508 e. The molecule has 9 nitrogen and oxygen atoms in total. The van der Waals surface area contributed by atoms with E-state index in [1.54, 1.807) is 12.1 Å². The van der Waals surface area contributed by atoms with Crippen LogP contribution in [0.25, 0.3) is 6.08 Å². The number of aliphatic hydroxyl groups excluding tert-OH is 4. The van der Waals surface area contributed by atoms with Crippen molar-refractivity contribution in [2.24, 2.45) is 0 Å². The van der Waals surface area contributed by atoms with E-state index in [1.807, 2.05) is 0 Å². The third kappa shape index (κ3) is 4.78. The lowest BCUT2D eigenvalue weighted by molar-refractivity contribution is -0.277. The van der Waals surface area contributed by atoms with Crippen LogP contribution in [0.1, 0.15) is 15.9 Å². The maximum absolute atomic E-state index is 12.3. The molecule has 30 heavy (non-hydrogen) atoms. The van der Waals surface area contributed by atoms with Crippen molar-refractivity contribution in [3.8, 4) is 17.2 Å². The van der Waals surface area contributed by atoms with Crippen LogP contribution in [-0.2, 0) is 4.74 Å². The summed E-state index contributed by atoms with van der Waals surface area (Å²) in [6.07, 6.45) is -4.46. The Morgan fingerprint density at radius 2 is 1.70 bits per heavy atom. The van der Waals surface area contributed by atoms with Gasteiger partial charge in [-0.2, -0.15) is 0 Å². The van der Waals surface area contributed by atoms with Gasteiger partial charge in [0.05, 0.1) is 12.2 Å². The molecule has 9 heteroatoms. The Morgan fingerprint density at radius 3 is 2.33 bits per heavy atom. The van der Waals surface area contributed by atoms with Gasteiger partial charge in [0.15, 0.2) is 5.78 Å². The number of benzene rings is 2. The largest absolute Gasteiger partial charge is 0.508 e. The average molecular weight is 418 g/mol. The lowest BCUT2D eigenvalue weighted by Gasteiger charge is -2.39. The number of hydrogen-bond donors (Lipinski definition) is 6. The maximum atomic E-state index is 12.3.